The lowest BCUT2D eigenvalue weighted by atomic mass is 9.91. The van der Waals surface area contributed by atoms with Crippen molar-refractivity contribution in [2.24, 2.45) is 0 Å². The Bertz CT molecular complexity index is 2180. The third-order valence-corrected chi connectivity index (χ3v) is 11.1. The number of carbonyl (C=O) groups is 2. The lowest BCUT2D eigenvalue weighted by molar-refractivity contribution is -0.124. The number of anilines is 4. The number of imidazole rings is 1. The Kier molecular flexibility index (Phi) is 8.39. The molecule has 1 saturated heterocycles. The van der Waals surface area contributed by atoms with Crippen LogP contribution in [0.4, 0.5) is 23.0 Å². The second-order valence-corrected chi connectivity index (χ2v) is 14.9. The zero-order valence-corrected chi connectivity index (χ0v) is 28.5. The second-order valence-electron chi connectivity index (χ2n) is 12.2. The summed E-state index contributed by atoms with van der Waals surface area (Å²) in [7, 11) is -4.36. The molecule has 2 aliphatic rings. The summed E-state index contributed by atoms with van der Waals surface area (Å²) in [6.07, 6.45) is 7.00. The van der Waals surface area contributed by atoms with Gasteiger partial charge in [-0.2, -0.15) is 4.31 Å². The smallest absolute Gasteiger partial charge is 0.261 e. The van der Waals surface area contributed by atoms with Gasteiger partial charge in [-0.3, -0.25) is 14.2 Å². The van der Waals surface area contributed by atoms with Gasteiger partial charge in [0.2, 0.25) is 11.9 Å². The fraction of sp³-hybridized carbons (Fsp3) is 0.206. The highest BCUT2D eigenvalue weighted by atomic mass is 35.5. The van der Waals surface area contributed by atoms with Crippen molar-refractivity contribution >= 4 is 68.1 Å². The number of nitrogens with two attached hydrogens (primary N) is 1. The highest BCUT2D eigenvalue weighted by molar-refractivity contribution is 7.89. The number of halogens is 2. The molecular formula is C34H30Cl2N8O4S. The van der Waals surface area contributed by atoms with Crippen molar-refractivity contribution in [3.63, 3.8) is 0 Å². The van der Waals surface area contributed by atoms with Crippen LogP contribution in [0.2, 0.25) is 10.0 Å². The van der Waals surface area contributed by atoms with Gasteiger partial charge in [0.05, 0.1) is 11.9 Å². The van der Waals surface area contributed by atoms with Crippen molar-refractivity contribution in [1.29, 1.82) is 0 Å². The summed E-state index contributed by atoms with van der Waals surface area (Å²) in [6, 6.07) is 17.9. The van der Waals surface area contributed by atoms with E-state index in [2.05, 4.69) is 20.3 Å². The molecule has 2 atom stereocenters. The topological polar surface area (TPSA) is 156 Å². The molecule has 0 radical (unpaired) electrons. The highest BCUT2D eigenvalue weighted by Gasteiger charge is 2.53. The summed E-state index contributed by atoms with van der Waals surface area (Å²) < 4.78 is 31.7. The average molecular weight is 718 g/mol. The van der Waals surface area contributed by atoms with E-state index in [1.54, 1.807) is 55.7 Å². The van der Waals surface area contributed by atoms with E-state index in [1.165, 1.54) is 32.4 Å². The maximum atomic E-state index is 14.6. The molecule has 12 nitrogen and oxygen atoms in total. The van der Waals surface area contributed by atoms with Gasteiger partial charge in [0.25, 0.3) is 15.9 Å². The maximum absolute atomic E-state index is 14.6. The number of benzene rings is 3. The Balaban J connectivity index is 1.29. The number of amides is 2. The molecule has 4 heterocycles. The van der Waals surface area contributed by atoms with Crippen molar-refractivity contribution < 1.29 is 18.0 Å². The quantitative estimate of drug-likeness (QED) is 0.195. The predicted octanol–water partition coefficient (Wildman–Crippen LogP) is 5.66. The molecule has 2 aliphatic heterocycles. The summed E-state index contributed by atoms with van der Waals surface area (Å²) in [5.74, 6) is -0.823. The van der Waals surface area contributed by atoms with Crippen LogP contribution in [-0.2, 0) is 31.6 Å². The summed E-state index contributed by atoms with van der Waals surface area (Å²) in [5.41, 5.74) is 8.15. The molecular weight excluding hydrogens is 687 g/mol. The maximum Gasteiger partial charge on any atom is 0.261 e. The summed E-state index contributed by atoms with van der Waals surface area (Å²) in [4.78, 5) is 42.0. The predicted molar refractivity (Wildman–Crippen MR) is 187 cm³/mol. The molecule has 0 aliphatic carbocycles. The van der Waals surface area contributed by atoms with Crippen molar-refractivity contribution in [2.45, 2.75) is 42.8 Å². The Labute approximate surface area is 292 Å². The SMILES string of the molecule is CC1(Cc2ccc(-c3cncnc3)cc2)C(=O)N(c2cc(Cl)cc(Cl)c2)c2ncc(S(=O)(=O)N3CCCC3C(=O)Nc3cccc(N)c3)n21. The van der Waals surface area contributed by atoms with Gasteiger partial charge in [0.15, 0.2) is 5.03 Å². The van der Waals surface area contributed by atoms with Crippen LogP contribution < -0.4 is 16.0 Å². The van der Waals surface area contributed by atoms with Gasteiger partial charge in [0, 0.05) is 52.3 Å². The molecule has 3 aromatic carbocycles. The van der Waals surface area contributed by atoms with E-state index in [9.17, 15) is 18.0 Å². The number of hydrogen-bond acceptors (Lipinski definition) is 8. The monoisotopic (exact) mass is 716 g/mol. The van der Waals surface area contributed by atoms with Gasteiger partial charge in [-0.25, -0.2) is 28.3 Å². The molecule has 3 N–H and O–H groups in total. The first kappa shape index (κ1) is 32.7. The summed E-state index contributed by atoms with van der Waals surface area (Å²) in [6.45, 7) is 1.79. The average Bonchev–Trinajstić information content (AvgIpc) is 3.79. The van der Waals surface area contributed by atoms with Crippen LogP contribution in [0.25, 0.3) is 11.1 Å². The standard InChI is InChI=1S/C34H30Cl2N8O4S/c1-34(16-21-7-9-22(10-8-21)23-17-38-20-39-18-23)32(46)43(28-13-24(35)12-25(36)14-28)33-40-19-30(44(33)34)49(47,48)42-11-3-6-29(42)31(45)41-27-5-2-4-26(37)15-27/h2,4-5,7-10,12-15,17-20,29H,3,6,11,16,37H2,1H3,(H,41,45). The number of aromatic nitrogens is 4. The normalized spacial score (nSPS) is 19.3. The Hall–Kier alpha value is -4.82. The molecule has 250 valence electrons. The molecule has 0 spiro atoms. The molecule has 1 fully saturated rings. The van der Waals surface area contributed by atoms with E-state index in [0.717, 1.165) is 16.7 Å². The van der Waals surface area contributed by atoms with Gasteiger partial charge in [0.1, 0.15) is 17.9 Å². The zero-order chi connectivity index (χ0) is 34.5. The minimum Gasteiger partial charge on any atom is -0.399 e. The molecule has 2 aromatic heterocycles. The highest BCUT2D eigenvalue weighted by Crippen LogP contribution is 2.45. The molecule has 5 aromatic rings. The van der Waals surface area contributed by atoms with E-state index >= 15 is 0 Å². The van der Waals surface area contributed by atoms with E-state index in [-0.39, 0.29) is 23.9 Å². The largest absolute Gasteiger partial charge is 0.399 e. The van der Waals surface area contributed by atoms with E-state index in [1.807, 2.05) is 24.3 Å². The summed E-state index contributed by atoms with van der Waals surface area (Å²) in [5, 5.41) is 3.17. The zero-order valence-electron chi connectivity index (χ0n) is 26.1. The number of nitrogens with one attached hydrogen (secondary N) is 1. The van der Waals surface area contributed by atoms with E-state index in [0.29, 0.717) is 39.9 Å². The number of carbonyl (C=O) groups excluding carboxylic acids is 2. The molecule has 0 bridgehead atoms. The lowest BCUT2D eigenvalue weighted by Crippen LogP contribution is -2.46. The number of sulfonamides is 1. The van der Waals surface area contributed by atoms with Crippen LogP contribution in [0.3, 0.4) is 0 Å². The number of nitrogens with zero attached hydrogens (tertiary/aromatic N) is 6. The summed E-state index contributed by atoms with van der Waals surface area (Å²) >= 11 is 12.7. The van der Waals surface area contributed by atoms with Crippen LogP contribution in [-0.4, -0.2) is 56.6 Å². The van der Waals surface area contributed by atoms with E-state index < -0.39 is 33.4 Å². The molecule has 7 rings (SSSR count). The second kappa shape index (κ2) is 12.6. The molecule has 0 saturated carbocycles. The first-order valence-corrected chi connectivity index (χ1v) is 17.6. The third kappa shape index (κ3) is 5.92. The van der Waals surface area contributed by atoms with Gasteiger partial charge in [-0.15, -0.1) is 0 Å². The Morgan fingerprint density at radius 3 is 2.41 bits per heavy atom. The van der Waals surface area contributed by atoms with Crippen LogP contribution in [0.15, 0.2) is 96.7 Å². The molecule has 15 heteroatoms. The lowest BCUT2D eigenvalue weighted by Gasteiger charge is -2.29. The first-order chi connectivity index (χ1) is 23.5. The van der Waals surface area contributed by atoms with Crippen molar-refractivity contribution in [3.8, 4) is 11.1 Å². The van der Waals surface area contributed by atoms with Crippen molar-refractivity contribution in [2.75, 3.05) is 22.5 Å². The van der Waals surface area contributed by atoms with Gasteiger partial charge in [-0.05, 0) is 67.3 Å². The molecule has 2 unspecified atom stereocenters. The Morgan fingerprint density at radius 2 is 1.71 bits per heavy atom. The van der Waals surface area contributed by atoms with Crippen molar-refractivity contribution in [3.05, 3.63) is 107 Å². The van der Waals surface area contributed by atoms with Crippen LogP contribution in [0.5, 0.6) is 0 Å². The van der Waals surface area contributed by atoms with Gasteiger partial charge >= 0.3 is 0 Å². The fourth-order valence-electron chi connectivity index (χ4n) is 6.53. The van der Waals surface area contributed by atoms with E-state index in [4.69, 9.17) is 28.9 Å². The van der Waals surface area contributed by atoms with Crippen LogP contribution in [0, 0.1) is 0 Å². The number of fused-ring (bicyclic) bond motifs is 1. The molecule has 2 amide bonds. The number of hydrogen-bond donors (Lipinski definition) is 2. The van der Waals surface area contributed by atoms with Crippen molar-refractivity contribution in [1.82, 2.24) is 23.8 Å². The first-order valence-electron chi connectivity index (χ1n) is 15.4. The Morgan fingerprint density at radius 1 is 1.00 bits per heavy atom. The fourth-order valence-corrected chi connectivity index (χ4v) is 8.89. The van der Waals surface area contributed by atoms with Crippen LogP contribution in [0.1, 0.15) is 25.3 Å². The van der Waals surface area contributed by atoms with Crippen LogP contribution >= 0.6 is 23.2 Å². The molecule has 49 heavy (non-hydrogen) atoms. The number of nitrogen functional groups attached to an aromatic ring is 1. The minimum atomic E-state index is -4.36. The minimum absolute atomic E-state index is 0.0856. The number of rotatable bonds is 8. The van der Waals surface area contributed by atoms with Gasteiger partial charge < -0.3 is 11.1 Å². The van der Waals surface area contributed by atoms with Gasteiger partial charge in [-0.1, -0.05) is 53.5 Å². The third-order valence-electron chi connectivity index (χ3n) is 8.80.